The fraction of sp³-hybridized carbons (Fsp3) is 0.707. The van der Waals surface area contributed by atoms with Crippen LogP contribution in [0.15, 0.2) is 24.5 Å². The Morgan fingerprint density at radius 3 is 2.36 bits per heavy atom. The highest BCUT2D eigenvalue weighted by molar-refractivity contribution is 6.08. The molecule has 324 valence electrons. The number of aliphatic hydroxyl groups is 1. The highest BCUT2D eigenvalue weighted by atomic mass is 19.1. The minimum Gasteiger partial charge on any atom is -0.455 e. The number of alkyl halides is 1. The van der Waals surface area contributed by atoms with Gasteiger partial charge in [0.25, 0.3) is 5.67 Å². The molecule has 18 heteroatoms. The van der Waals surface area contributed by atoms with Crippen molar-refractivity contribution in [2.24, 2.45) is 17.8 Å². The molecule has 3 saturated heterocycles. The Bertz CT molecular complexity index is 1900. The van der Waals surface area contributed by atoms with E-state index in [9.17, 15) is 24.3 Å². The van der Waals surface area contributed by atoms with Gasteiger partial charge in [-0.2, -0.15) is 5.10 Å². The van der Waals surface area contributed by atoms with Gasteiger partial charge in [-0.25, -0.2) is 18.7 Å². The van der Waals surface area contributed by atoms with Crippen LogP contribution in [-0.2, 0) is 44.6 Å². The van der Waals surface area contributed by atoms with Crippen LogP contribution in [0.5, 0.6) is 0 Å². The normalized spacial score (nSPS) is 37.3. The summed E-state index contributed by atoms with van der Waals surface area (Å²) in [4.78, 5) is 59.7. The first-order chi connectivity index (χ1) is 27.7. The molecule has 0 radical (unpaired) electrons. The molecule has 0 bridgehead atoms. The summed E-state index contributed by atoms with van der Waals surface area (Å²) in [5.41, 5.74) is -5.34. The summed E-state index contributed by atoms with van der Waals surface area (Å²) in [6.45, 7) is 12.2. The smallest absolute Gasteiger partial charge is 0.411 e. The number of hydrogen-bond donors (Lipinski definition) is 1. The molecule has 5 heterocycles. The van der Waals surface area contributed by atoms with Crippen LogP contribution in [0.3, 0.4) is 0 Å². The van der Waals surface area contributed by atoms with Crippen molar-refractivity contribution in [1.29, 1.82) is 0 Å². The molecule has 2 unspecified atom stereocenters. The van der Waals surface area contributed by atoms with Crippen LogP contribution in [-0.4, -0.2) is 151 Å². The zero-order chi connectivity index (χ0) is 43.6. The third-order valence-corrected chi connectivity index (χ3v) is 12.2. The third-order valence-electron chi connectivity index (χ3n) is 12.2. The van der Waals surface area contributed by atoms with Crippen LogP contribution in [0.25, 0.3) is 11.4 Å². The molecule has 17 nitrogen and oxygen atoms in total. The van der Waals surface area contributed by atoms with Gasteiger partial charge in [-0.1, -0.05) is 44.7 Å². The van der Waals surface area contributed by atoms with E-state index in [1.54, 1.807) is 52.2 Å². The Labute approximate surface area is 344 Å². The molecule has 0 saturated carbocycles. The van der Waals surface area contributed by atoms with Crippen molar-refractivity contribution in [2.45, 2.75) is 141 Å². The number of nitrogens with zero attached hydrogens (tertiary/aromatic N) is 7. The summed E-state index contributed by atoms with van der Waals surface area (Å²) in [6.07, 6.45) is -2.54. The van der Waals surface area contributed by atoms with Crippen LogP contribution in [0, 0.1) is 29.6 Å². The first-order valence-corrected chi connectivity index (χ1v) is 20.0. The molecular weight excluding hydrogens is 769 g/mol. The molecule has 59 heavy (non-hydrogen) atoms. The monoisotopic (exact) mass is 827 g/mol. The summed E-state index contributed by atoms with van der Waals surface area (Å²) < 4.78 is 48.7. The molecule has 13 atom stereocenters. The number of amides is 1. The Morgan fingerprint density at radius 1 is 1.03 bits per heavy atom. The average Bonchev–Trinajstić information content (AvgIpc) is 3.78. The van der Waals surface area contributed by atoms with Gasteiger partial charge in [0.1, 0.15) is 35.9 Å². The lowest BCUT2D eigenvalue weighted by Crippen LogP contribution is -2.61. The zero-order valence-electron chi connectivity index (χ0n) is 35.7. The predicted octanol–water partition coefficient (Wildman–Crippen LogP) is 3.03. The van der Waals surface area contributed by atoms with E-state index in [0.717, 1.165) is 6.92 Å². The SMILES string of the molecule is CC[C@H]1OC(=O)[C@@](C)(F)C(=O)[C@H](C)[C@@H](O[C@@H]2O[C@H](C)CC(N(C)C)C2O)[C@](C)(OC)C[C@@H](C)C(=O)[C@H](C)[C@H]2N(CC#CCn3cc(-c4cccnn4)nn3)C(=O)O[C@]12C. The average molecular weight is 828 g/mol. The summed E-state index contributed by atoms with van der Waals surface area (Å²) in [5, 5.41) is 27.5. The highest BCUT2D eigenvalue weighted by Crippen LogP contribution is 2.43. The van der Waals surface area contributed by atoms with Crippen molar-refractivity contribution >= 4 is 23.6 Å². The maximum absolute atomic E-state index is 16.9. The van der Waals surface area contributed by atoms with Gasteiger partial charge in [-0.3, -0.25) is 14.5 Å². The van der Waals surface area contributed by atoms with E-state index in [0.29, 0.717) is 17.8 Å². The van der Waals surface area contributed by atoms with Crippen molar-refractivity contribution in [3.05, 3.63) is 24.5 Å². The number of rotatable bonds is 8. The minimum atomic E-state index is -3.21. The fourth-order valence-corrected chi connectivity index (χ4v) is 8.85. The van der Waals surface area contributed by atoms with Crippen molar-refractivity contribution < 1.29 is 52.4 Å². The first kappa shape index (κ1) is 45.7. The summed E-state index contributed by atoms with van der Waals surface area (Å²) >= 11 is 0. The number of carbonyl (C=O) groups excluding carboxylic acids is 4. The van der Waals surface area contributed by atoms with Crippen molar-refractivity contribution in [3.8, 4) is 23.2 Å². The van der Waals surface area contributed by atoms with Gasteiger partial charge < -0.3 is 33.7 Å². The van der Waals surface area contributed by atoms with Gasteiger partial charge in [0.15, 0.2) is 17.7 Å². The molecule has 2 aromatic heterocycles. The number of carbonyl (C=O) groups is 4. The number of esters is 1. The van der Waals surface area contributed by atoms with Crippen LogP contribution in [0.4, 0.5) is 9.18 Å². The summed E-state index contributed by atoms with van der Waals surface area (Å²) in [6, 6.07) is 2.04. The number of likely N-dealkylation sites (N-methyl/N-ethyl adjacent to an activating group) is 1. The van der Waals surface area contributed by atoms with E-state index in [1.807, 2.05) is 25.9 Å². The number of cyclic esters (lactones) is 1. The molecule has 5 rings (SSSR count). The fourth-order valence-electron chi connectivity index (χ4n) is 8.85. The van der Waals surface area contributed by atoms with Crippen molar-refractivity contribution in [1.82, 2.24) is 35.0 Å². The molecule has 3 fully saturated rings. The number of ether oxygens (including phenoxy) is 5. The van der Waals surface area contributed by atoms with Gasteiger partial charge >= 0.3 is 12.1 Å². The van der Waals surface area contributed by atoms with E-state index in [4.69, 9.17) is 23.7 Å². The largest absolute Gasteiger partial charge is 0.455 e. The lowest BCUT2D eigenvalue weighted by molar-refractivity contribution is -0.295. The number of methoxy groups -OCH3 is 1. The lowest BCUT2D eigenvalue weighted by atomic mass is 9.73. The molecule has 3 aliphatic heterocycles. The number of halogens is 1. The number of fused-ring (bicyclic) bond motifs is 1. The lowest BCUT2D eigenvalue weighted by Gasteiger charge is -2.47. The van der Waals surface area contributed by atoms with Gasteiger partial charge in [0.05, 0.1) is 36.6 Å². The Balaban J connectivity index is 1.50. The minimum absolute atomic E-state index is 0.0395. The van der Waals surface area contributed by atoms with E-state index < -0.39 is 83.1 Å². The molecule has 2 aromatic rings. The molecule has 0 aromatic carbocycles. The maximum atomic E-state index is 16.9. The molecule has 1 amide bonds. The van der Waals surface area contributed by atoms with Crippen LogP contribution in [0.1, 0.15) is 74.7 Å². The number of aliphatic hydroxyl groups excluding tert-OH is 1. The molecule has 0 aliphatic carbocycles. The third kappa shape index (κ3) is 9.19. The van der Waals surface area contributed by atoms with Crippen molar-refractivity contribution in [3.63, 3.8) is 0 Å². The second-order valence-electron chi connectivity index (χ2n) is 16.8. The molecule has 1 N–H and O–H groups in total. The van der Waals surface area contributed by atoms with E-state index >= 15 is 4.39 Å². The van der Waals surface area contributed by atoms with Gasteiger partial charge in [0, 0.05) is 37.1 Å². The van der Waals surface area contributed by atoms with Crippen LogP contribution < -0.4 is 0 Å². The molecular formula is C41H58FN7O10. The van der Waals surface area contributed by atoms with Gasteiger partial charge in [-0.15, -0.1) is 10.2 Å². The number of ketones is 2. The number of hydrogen-bond acceptors (Lipinski definition) is 15. The Hall–Kier alpha value is -4.41. The summed E-state index contributed by atoms with van der Waals surface area (Å²) in [5.74, 6) is -0.132. The van der Waals surface area contributed by atoms with Crippen molar-refractivity contribution in [2.75, 3.05) is 27.7 Å². The zero-order valence-corrected chi connectivity index (χ0v) is 35.7. The van der Waals surface area contributed by atoms with E-state index in [2.05, 4.69) is 32.4 Å². The standard InChI is InChI=1S/C41H58FN7O10/c1-12-30-41(8)33(49(38(54)59-41)19-14-13-18-48-22-28(45-46-48)27-16-15-17-43-44-27)25(4)31(50)23(2)21-39(6,55-11)35(26(5)34(52)40(7,42)37(53)57-30)58-36-32(51)29(47(9)10)20-24(3)56-36/h15-17,22-26,29-30,32-33,35-36,51H,12,18-21H2,1-11H3/t23-,24-,25+,26+,29?,30-,32?,33-,35-,36+,39-,40+,41-/m1/s1. The topological polar surface area (TPSA) is 198 Å². The Morgan fingerprint density at radius 2 is 1.73 bits per heavy atom. The Kier molecular flexibility index (Phi) is 14.0. The number of Topliss-reactive ketones (excluding diaryl/α,β-unsaturated/α-hetero) is 2. The number of aromatic nitrogens is 5. The van der Waals surface area contributed by atoms with Gasteiger partial charge in [-0.05, 0) is 73.2 Å². The maximum Gasteiger partial charge on any atom is 0.411 e. The highest BCUT2D eigenvalue weighted by Gasteiger charge is 2.61. The molecule has 0 spiro atoms. The van der Waals surface area contributed by atoms with Crippen LogP contribution >= 0.6 is 0 Å². The van der Waals surface area contributed by atoms with E-state index in [-0.39, 0.29) is 43.9 Å². The first-order valence-electron chi connectivity index (χ1n) is 20.0. The second kappa shape index (κ2) is 18.1. The quantitative estimate of drug-likeness (QED) is 0.231. The second-order valence-corrected chi connectivity index (χ2v) is 16.8. The van der Waals surface area contributed by atoms with Gasteiger partial charge in [0.2, 0.25) is 0 Å². The molecule has 3 aliphatic rings. The predicted molar refractivity (Wildman–Crippen MR) is 209 cm³/mol. The van der Waals surface area contributed by atoms with E-state index in [1.165, 1.54) is 30.5 Å². The summed E-state index contributed by atoms with van der Waals surface area (Å²) in [7, 11) is 5.01. The van der Waals surface area contributed by atoms with Crippen LogP contribution in [0.2, 0.25) is 0 Å².